The molecule has 0 atom stereocenters. The van der Waals surface area contributed by atoms with Crippen LogP contribution in [0, 0.1) is 0 Å². The van der Waals surface area contributed by atoms with Crippen molar-refractivity contribution in [2.75, 3.05) is 6.54 Å². The van der Waals surface area contributed by atoms with Gasteiger partial charge in [0.1, 0.15) is 5.01 Å². The van der Waals surface area contributed by atoms with Crippen molar-refractivity contribution in [2.45, 2.75) is 13.3 Å². The van der Waals surface area contributed by atoms with Crippen LogP contribution in [0.3, 0.4) is 0 Å². The van der Waals surface area contributed by atoms with Crippen LogP contribution in [-0.2, 0) is 11.2 Å². The molecule has 0 radical (unpaired) electrons. The first-order valence-electron chi connectivity index (χ1n) is 6.51. The summed E-state index contributed by atoms with van der Waals surface area (Å²) in [5.74, 6) is -0.177. The van der Waals surface area contributed by atoms with Crippen LogP contribution >= 0.6 is 23.6 Å². The Morgan fingerprint density at radius 2 is 2.05 bits per heavy atom. The lowest BCUT2D eigenvalue weighted by molar-refractivity contribution is -0.121. The third-order valence-corrected chi connectivity index (χ3v) is 3.68. The molecule has 7 heteroatoms. The largest absolute Gasteiger partial charge is 0.362 e. The van der Waals surface area contributed by atoms with E-state index in [0.717, 1.165) is 16.3 Å². The normalized spacial score (nSPS) is 9.95. The Labute approximate surface area is 132 Å². The number of aromatic nitrogens is 1. The maximum absolute atomic E-state index is 11.8. The van der Waals surface area contributed by atoms with E-state index in [0.29, 0.717) is 11.7 Å². The average molecular weight is 320 g/mol. The van der Waals surface area contributed by atoms with E-state index in [2.05, 4.69) is 21.2 Å². The van der Waals surface area contributed by atoms with Crippen molar-refractivity contribution in [1.29, 1.82) is 0 Å². The fourth-order valence-corrected chi connectivity index (χ4v) is 2.64. The molecule has 0 unspecified atom stereocenters. The summed E-state index contributed by atoms with van der Waals surface area (Å²) in [5, 5.41) is 6.00. The number of thiazole rings is 1. The maximum atomic E-state index is 11.8. The standard InChI is InChI=1S/C14H16N4OS2/c1-2-15-14(20)18-17-12(19)8-13-16-11(9-21-13)10-6-4-3-5-7-10/h3-7,9H,2,8H2,1H3,(H,17,19)(H2,15,18,20). The molecule has 1 aromatic carbocycles. The summed E-state index contributed by atoms with van der Waals surface area (Å²) in [6.07, 6.45) is 0.221. The first-order chi connectivity index (χ1) is 10.2. The van der Waals surface area contributed by atoms with Gasteiger partial charge in [-0.15, -0.1) is 11.3 Å². The van der Waals surface area contributed by atoms with Gasteiger partial charge in [-0.3, -0.25) is 15.6 Å². The lowest BCUT2D eigenvalue weighted by Crippen LogP contribution is -2.47. The van der Waals surface area contributed by atoms with E-state index in [1.807, 2.05) is 42.6 Å². The topological polar surface area (TPSA) is 66.0 Å². The van der Waals surface area contributed by atoms with Gasteiger partial charge < -0.3 is 5.32 Å². The minimum atomic E-state index is -0.177. The fraction of sp³-hybridized carbons (Fsp3) is 0.214. The molecule has 1 heterocycles. The number of benzene rings is 1. The lowest BCUT2D eigenvalue weighted by atomic mass is 10.2. The number of nitrogens with one attached hydrogen (secondary N) is 3. The molecule has 0 aliphatic rings. The minimum absolute atomic E-state index is 0.177. The molecule has 0 saturated heterocycles. The first-order valence-corrected chi connectivity index (χ1v) is 7.80. The van der Waals surface area contributed by atoms with Crippen molar-refractivity contribution in [3.63, 3.8) is 0 Å². The third kappa shape index (κ3) is 4.80. The molecular formula is C14H16N4OS2. The predicted molar refractivity (Wildman–Crippen MR) is 88.8 cm³/mol. The zero-order valence-electron chi connectivity index (χ0n) is 11.6. The van der Waals surface area contributed by atoms with E-state index in [1.54, 1.807) is 0 Å². The quantitative estimate of drug-likeness (QED) is 0.593. The summed E-state index contributed by atoms with van der Waals surface area (Å²) in [7, 11) is 0. The Morgan fingerprint density at radius 1 is 1.29 bits per heavy atom. The van der Waals surface area contributed by atoms with Gasteiger partial charge in [0, 0.05) is 17.5 Å². The number of rotatable bonds is 4. The number of hydrogen-bond donors (Lipinski definition) is 3. The summed E-state index contributed by atoms with van der Waals surface area (Å²) >= 11 is 6.42. The van der Waals surface area contributed by atoms with Crippen molar-refractivity contribution >= 4 is 34.6 Å². The van der Waals surface area contributed by atoms with E-state index in [1.165, 1.54) is 11.3 Å². The summed E-state index contributed by atoms with van der Waals surface area (Å²) in [5.41, 5.74) is 7.11. The van der Waals surface area contributed by atoms with Gasteiger partial charge in [0.25, 0.3) is 0 Å². The Hall–Kier alpha value is -1.99. The predicted octanol–water partition coefficient (Wildman–Crippen LogP) is 1.87. The van der Waals surface area contributed by atoms with Crippen LogP contribution in [-0.4, -0.2) is 22.5 Å². The molecule has 0 aliphatic heterocycles. The van der Waals surface area contributed by atoms with Gasteiger partial charge in [-0.2, -0.15) is 0 Å². The van der Waals surface area contributed by atoms with Crippen molar-refractivity contribution in [3.05, 3.63) is 40.7 Å². The molecule has 0 aliphatic carbocycles. The monoisotopic (exact) mass is 320 g/mol. The molecule has 0 spiro atoms. The zero-order valence-corrected chi connectivity index (χ0v) is 13.2. The number of amides is 1. The molecule has 110 valence electrons. The molecule has 0 fully saturated rings. The first kappa shape index (κ1) is 15.4. The summed E-state index contributed by atoms with van der Waals surface area (Å²) in [6.45, 7) is 2.63. The summed E-state index contributed by atoms with van der Waals surface area (Å²) < 4.78 is 0. The number of hydrogen-bond acceptors (Lipinski definition) is 4. The molecule has 5 nitrogen and oxygen atoms in total. The molecular weight excluding hydrogens is 304 g/mol. The molecule has 0 bridgehead atoms. The number of thiocarbonyl (C=S) groups is 1. The summed E-state index contributed by atoms with van der Waals surface area (Å²) in [4.78, 5) is 16.2. The molecule has 0 saturated carbocycles. The Morgan fingerprint density at radius 3 is 2.76 bits per heavy atom. The van der Waals surface area contributed by atoms with Crippen LogP contribution < -0.4 is 16.2 Å². The van der Waals surface area contributed by atoms with Crippen LogP contribution in [0.2, 0.25) is 0 Å². The highest BCUT2D eigenvalue weighted by Crippen LogP contribution is 2.21. The Balaban J connectivity index is 1.88. The third-order valence-electron chi connectivity index (χ3n) is 2.59. The van der Waals surface area contributed by atoms with Crippen LogP contribution in [0.5, 0.6) is 0 Å². The highest BCUT2D eigenvalue weighted by atomic mass is 32.1. The molecule has 3 N–H and O–H groups in total. The van der Waals surface area contributed by atoms with Gasteiger partial charge in [-0.25, -0.2) is 4.98 Å². The number of nitrogens with zero attached hydrogens (tertiary/aromatic N) is 1. The Kier molecular flexibility index (Phi) is 5.65. The smallest absolute Gasteiger partial charge is 0.245 e. The molecule has 1 aromatic heterocycles. The minimum Gasteiger partial charge on any atom is -0.362 e. The molecule has 2 rings (SSSR count). The molecule has 1 amide bonds. The van der Waals surface area contributed by atoms with Gasteiger partial charge in [0.2, 0.25) is 5.91 Å². The van der Waals surface area contributed by atoms with Gasteiger partial charge >= 0.3 is 0 Å². The molecule has 2 aromatic rings. The SMILES string of the molecule is CCNC(=S)NNC(=O)Cc1nc(-c2ccccc2)cs1. The second-order valence-corrected chi connectivity index (χ2v) is 5.55. The van der Waals surface area contributed by atoms with Crippen molar-refractivity contribution < 1.29 is 4.79 Å². The van der Waals surface area contributed by atoms with Crippen LogP contribution in [0.1, 0.15) is 11.9 Å². The van der Waals surface area contributed by atoms with Crippen molar-refractivity contribution in [1.82, 2.24) is 21.2 Å². The number of hydrazine groups is 1. The van der Waals surface area contributed by atoms with Gasteiger partial charge in [0.15, 0.2) is 5.11 Å². The van der Waals surface area contributed by atoms with E-state index in [4.69, 9.17) is 12.2 Å². The fourth-order valence-electron chi connectivity index (χ4n) is 1.65. The second kappa shape index (κ2) is 7.70. The van der Waals surface area contributed by atoms with E-state index in [-0.39, 0.29) is 12.3 Å². The van der Waals surface area contributed by atoms with Crippen molar-refractivity contribution in [2.24, 2.45) is 0 Å². The van der Waals surface area contributed by atoms with Gasteiger partial charge in [-0.05, 0) is 19.1 Å². The van der Waals surface area contributed by atoms with E-state index >= 15 is 0 Å². The van der Waals surface area contributed by atoms with Crippen molar-refractivity contribution in [3.8, 4) is 11.3 Å². The number of carbonyl (C=O) groups is 1. The highest BCUT2D eigenvalue weighted by molar-refractivity contribution is 7.80. The second-order valence-electron chi connectivity index (χ2n) is 4.20. The van der Waals surface area contributed by atoms with Crippen LogP contribution in [0.4, 0.5) is 0 Å². The zero-order chi connectivity index (χ0) is 15.1. The van der Waals surface area contributed by atoms with Gasteiger partial charge in [0.05, 0.1) is 12.1 Å². The van der Waals surface area contributed by atoms with E-state index < -0.39 is 0 Å². The number of carbonyl (C=O) groups excluding carboxylic acids is 1. The Bertz CT molecular complexity index is 612. The van der Waals surface area contributed by atoms with Crippen LogP contribution in [0.25, 0.3) is 11.3 Å². The van der Waals surface area contributed by atoms with Crippen LogP contribution in [0.15, 0.2) is 35.7 Å². The molecule has 21 heavy (non-hydrogen) atoms. The summed E-state index contributed by atoms with van der Waals surface area (Å²) in [6, 6.07) is 9.88. The lowest BCUT2D eigenvalue weighted by Gasteiger charge is -2.09. The highest BCUT2D eigenvalue weighted by Gasteiger charge is 2.09. The van der Waals surface area contributed by atoms with Gasteiger partial charge in [-0.1, -0.05) is 30.3 Å². The maximum Gasteiger partial charge on any atom is 0.245 e. The average Bonchev–Trinajstić information content (AvgIpc) is 2.95. The van der Waals surface area contributed by atoms with E-state index in [9.17, 15) is 4.79 Å².